The van der Waals surface area contributed by atoms with Crippen molar-refractivity contribution in [2.45, 2.75) is 27.0 Å². The van der Waals surface area contributed by atoms with E-state index in [0.717, 1.165) is 32.2 Å². The zero-order valence-electron chi connectivity index (χ0n) is 15.6. The lowest BCUT2D eigenvalue weighted by atomic mass is 10.2. The summed E-state index contributed by atoms with van der Waals surface area (Å²) in [6, 6.07) is 15.0. The average molecular weight is 393 g/mol. The van der Waals surface area contributed by atoms with Crippen molar-refractivity contribution in [1.29, 1.82) is 0 Å². The van der Waals surface area contributed by atoms with Crippen LogP contribution >= 0.6 is 11.3 Å². The number of fused-ring (bicyclic) bond motifs is 1. The number of thiazole rings is 1. The normalized spacial score (nSPS) is 10.9. The van der Waals surface area contributed by atoms with Crippen molar-refractivity contribution in [3.05, 3.63) is 76.1 Å². The van der Waals surface area contributed by atoms with Gasteiger partial charge in [-0.3, -0.25) is 4.79 Å². The van der Waals surface area contributed by atoms with E-state index in [1.54, 1.807) is 35.6 Å². The maximum Gasteiger partial charge on any atom is 0.251 e. The Morgan fingerprint density at radius 3 is 2.64 bits per heavy atom. The second-order valence-corrected chi connectivity index (χ2v) is 7.49. The van der Waals surface area contributed by atoms with E-state index in [1.165, 1.54) is 0 Å². The van der Waals surface area contributed by atoms with Crippen LogP contribution in [0.2, 0.25) is 0 Å². The van der Waals surface area contributed by atoms with E-state index < -0.39 is 0 Å². The third kappa shape index (κ3) is 3.89. The van der Waals surface area contributed by atoms with Crippen LogP contribution in [-0.2, 0) is 13.2 Å². The number of nitrogens with zero attached hydrogens (tertiary/aromatic N) is 2. The molecule has 0 aliphatic carbocycles. The van der Waals surface area contributed by atoms with Crippen LogP contribution in [0.25, 0.3) is 10.2 Å². The molecule has 4 rings (SSSR count). The molecule has 0 bridgehead atoms. The van der Waals surface area contributed by atoms with E-state index in [0.29, 0.717) is 24.5 Å². The van der Waals surface area contributed by atoms with Gasteiger partial charge in [0.05, 0.1) is 28.0 Å². The van der Waals surface area contributed by atoms with Gasteiger partial charge in [-0.1, -0.05) is 17.3 Å². The van der Waals surface area contributed by atoms with E-state index in [4.69, 9.17) is 9.26 Å². The lowest BCUT2D eigenvalue weighted by molar-refractivity contribution is 0.0951. The van der Waals surface area contributed by atoms with Crippen LogP contribution in [0.3, 0.4) is 0 Å². The van der Waals surface area contributed by atoms with E-state index in [-0.39, 0.29) is 5.91 Å². The maximum absolute atomic E-state index is 12.4. The van der Waals surface area contributed by atoms with Crippen molar-refractivity contribution in [1.82, 2.24) is 15.5 Å². The molecule has 0 unspecified atom stereocenters. The van der Waals surface area contributed by atoms with Gasteiger partial charge in [0.1, 0.15) is 23.1 Å². The van der Waals surface area contributed by atoms with E-state index in [9.17, 15) is 4.79 Å². The van der Waals surface area contributed by atoms with Gasteiger partial charge < -0.3 is 14.6 Å². The van der Waals surface area contributed by atoms with Crippen LogP contribution in [0, 0.1) is 13.8 Å². The van der Waals surface area contributed by atoms with Gasteiger partial charge in [0.25, 0.3) is 5.91 Å². The molecular formula is C21H19N3O3S. The topological polar surface area (TPSA) is 77.2 Å². The Balaban J connectivity index is 1.34. The number of hydrogen-bond donors (Lipinski definition) is 1. The average Bonchev–Trinajstić information content (AvgIpc) is 3.27. The number of amides is 1. The van der Waals surface area contributed by atoms with Gasteiger partial charge in [-0.25, -0.2) is 4.98 Å². The Morgan fingerprint density at radius 1 is 1.14 bits per heavy atom. The number of carbonyl (C=O) groups excluding carboxylic acids is 1. The van der Waals surface area contributed by atoms with Crippen LogP contribution in [0.5, 0.6) is 5.75 Å². The number of rotatable bonds is 6. The highest BCUT2D eigenvalue weighted by Gasteiger charge is 2.11. The SMILES string of the molecule is Cc1noc(C)c1COc1ccc(C(=O)NCc2nc3ccccc3s2)cc1. The second kappa shape index (κ2) is 7.82. The minimum atomic E-state index is -0.142. The molecule has 0 aliphatic heterocycles. The maximum atomic E-state index is 12.4. The predicted octanol–water partition coefficient (Wildman–Crippen LogP) is 4.41. The van der Waals surface area contributed by atoms with Crippen molar-refractivity contribution in [3.8, 4) is 5.75 Å². The zero-order valence-corrected chi connectivity index (χ0v) is 16.4. The summed E-state index contributed by atoms with van der Waals surface area (Å²) in [5, 5.41) is 7.71. The Morgan fingerprint density at radius 2 is 1.93 bits per heavy atom. The lowest BCUT2D eigenvalue weighted by Crippen LogP contribution is -2.22. The monoisotopic (exact) mass is 393 g/mol. The summed E-state index contributed by atoms with van der Waals surface area (Å²) in [5.41, 5.74) is 3.29. The van der Waals surface area contributed by atoms with E-state index in [2.05, 4.69) is 15.5 Å². The van der Waals surface area contributed by atoms with Crippen molar-refractivity contribution in [2.24, 2.45) is 0 Å². The number of hydrogen-bond acceptors (Lipinski definition) is 6. The highest BCUT2D eigenvalue weighted by molar-refractivity contribution is 7.18. The molecule has 0 atom stereocenters. The molecule has 2 aromatic carbocycles. The molecule has 1 amide bonds. The Bertz CT molecular complexity index is 1060. The number of para-hydroxylation sites is 1. The fraction of sp³-hybridized carbons (Fsp3) is 0.190. The molecule has 0 spiro atoms. The molecule has 4 aromatic rings. The zero-order chi connectivity index (χ0) is 19.5. The Labute approximate surface area is 166 Å². The van der Waals surface area contributed by atoms with Gasteiger partial charge in [0, 0.05) is 5.56 Å². The lowest BCUT2D eigenvalue weighted by Gasteiger charge is -2.07. The number of aryl methyl sites for hydroxylation is 2. The number of carbonyl (C=O) groups is 1. The molecule has 2 heterocycles. The molecule has 0 saturated heterocycles. The predicted molar refractivity (Wildman–Crippen MR) is 108 cm³/mol. The summed E-state index contributed by atoms with van der Waals surface area (Å²) in [6.45, 7) is 4.53. The second-order valence-electron chi connectivity index (χ2n) is 6.37. The fourth-order valence-corrected chi connectivity index (χ4v) is 3.73. The van der Waals surface area contributed by atoms with E-state index in [1.807, 2.05) is 38.1 Å². The van der Waals surface area contributed by atoms with Crippen molar-refractivity contribution >= 4 is 27.5 Å². The molecule has 0 fully saturated rings. The van der Waals surface area contributed by atoms with Gasteiger partial charge in [0.2, 0.25) is 0 Å². The van der Waals surface area contributed by atoms with Gasteiger partial charge in [0.15, 0.2) is 0 Å². The molecule has 6 nitrogen and oxygen atoms in total. The molecule has 1 N–H and O–H groups in total. The number of nitrogens with one attached hydrogen (secondary N) is 1. The molecule has 7 heteroatoms. The smallest absolute Gasteiger partial charge is 0.251 e. The first-order valence-corrected chi connectivity index (χ1v) is 9.69. The van der Waals surface area contributed by atoms with Crippen LogP contribution in [-0.4, -0.2) is 16.0 Å². The van der Waals surface area contributed by atoms with Crippen molar-refractivity contribution < 1.29 is 14.1 Å². The summed E-state index contributed by atoms with van der Waals surface area (Å²) in [4.78, 5) is 16.9. The molecule has 2 aromatic heterocycles. The standard InChI is InChI=1S/C21H19N3O3S/c1-13-17(14(2)27-24-13)12-26-16-9-7-15(8-10-16)21(25)22-11-20-23-18-5-3-4-6-19(18)28-20/h3-10H,11-12H2,1-2H3,(H,22,25). The number of ether oxygens (including phenoxy) is 1. The minimum absolute atomic E-state index is 0.142. The summed E-state index contributed by atoms with van der Waals surface area (Å²) in [7, 11) is 0. The third-order valence-corrected chi connectivity index (χ3v) is 5.46. The van der Waals surface area contributed by atoms with E-state index >= 15 is 0 Å². The molecule has 28 heavy (non-hydrogen) atoms. The minimum Gasteiger partial charge on any atom is -0.489 e. The number of aromatic nitrogens is 2. The van der Waals surface area contributed by atoms with Crippen molar-refractivity contribution in [3.63, 3.8) is 0 Å². The quantitative estimate of drug-likeness (QED) is 0.525. The third-order valence-electron chi connectivity index (χ3n) is 4.42. The van der Waals surface area contributed by atoms with Gasteiger partial charge >= 0.3 is 0 Å². The largest absolute Gasteiger partial charge is 0.489 e. The number of benzene rings is 2. The Kier molecular flexibility index (Phi) is 5.08. The summed E-state index contributed by atoms with van der Waals surface area (Å²) in [5.74, 6) is 1.29. The van der Waals surface area contributed by atoms with Crippen LogP contribution in [0.4, 0.5) is 0 Å². The van der Waals surface area contributed by atoms with Crippen LogP contribution in [0.15, 0.2) is 53.1 Å². The first kappa shape index (κ1) is 18.2. The van der Waals surface area contributed by atoms with Gasteiger partial charge in [-0.2, -0.15) is 0 Å². The van der Waals surface area contributed by atoms with Gasteiger partial charge in [-0.15, -0.1) is 11.3 Å². The Hall–Kier alpha value is -3.19. The molecular weight excluding hydrogens is 374 g/mol. The van der Waals surface area contributed by atoms with Crippen LogP contribution < -0.4 is 10.1 Å². The molecule has 0 aliphatic rings. The highest BCUT2D eigenvalue weighted by atomic mass is 32.1. The molecule has 0 saturated carbocycles. The first-order chi connectivity index (χ1) is 13.6. The van der Waals surface area contributed by atoms with Crippen LogP contribution in [0.1, 0.15) is 32.4 Å². The van der Waals surface area contributed by atoms with Gasteiger partial charge in [-0.05, 0) is 50.2 Å². The van der Waals surface area contributed by atoms with Crippen molar-refractivity contribution in [2.75, 3.05) is 0 Å². The highest BCUT2D eigenvalue weighted by Crippen LogP contribution is 2.21. The first-order valence-electron chi connectivity index (χ1n) is 8.87. The summed E-state index contributed by atoms with van der Waals surface area (Å²) < 4.78 is 12.0. The fourth-order valence-electron chi connectivity index (χ4n) is 2.82. The molecule has 0 radical (unpaired) electrons. The molecule has 142 valence electrons. The summed E-state index contributed by atoms with van der Waals surface area (Å²) >= 11 is 1.59. The summed E-state index contributed by atoms with van der Waals surface area (Å²) in [6.07, 6.45) is 0.